The van der Waals surface area contributed by atoms with Crippen molar-refractivity contribution in [2.75, 3.05) is 49.2 Å². The summed E-state index contributed by atoms with van der Waals surface area (Å²) in [4.78, 5) is 9.28. The monoisotopic (exact) mass is 241 g/mol. The third-order valence-corrected chi connectivity index (χ3v) is 3.74. The van der Waals surface area contributed by atoms with Crippen LogP contribution in [0.3, 0.4) is 0 Å². The Labute approximate surface area is 101 Å². The number of thiazole rings is 1. The predicted octanol–water partition coefficient (Wildman–Crippen LogP) is 1.83. The molecular weight excluding hydrogens is 222 g/mol. The van der Waals surface area contributed by atoms with E-state index in [1.807, 2.05) is 0 Å². The normalized spacial score (nSPS) is 16.5. The van der Waals surface area contributed by atoms with Crippen LogP contribution in [0.2, 0.25) is 0 Å². The molecule has 0 radical (unpaired) electrons. The summed E-state index contributed by atoms with van der Waals surface area (Å²) in [5.41, 5.74) is 0. The lowest BCUT2D eigenvalue weighted by molar-refractivity contribution is 0.122. The molecule has 0 aromatic carbocycles. The highest BCUT2D eigenvalue weighted by Gasteiger charge is 2.15. The zero-order chi connectivity index (χ0) is 11.4. The highest BCUT2D eigenvalue weighted by atomic mass is 32.1. The van der Waals surface area contributed by atoms with Crippen LogP contribution in [0.1, 0.15) is 13.8 Å². The smallest absolute Gasteiger partial charge is 0.187 e. The van der Waals surface area contributed by atoms with Gasteiger partial charge in [0.2, 0.25) is 0 Å². The summed E-state index contributed by atoms with van der Waals surface area (Å²) in [7, 11) is 0. The van der Waals surface area contributed by atoms with Crippen molar-refractivity contribution in [2.45, 2.75) is 13.8 Å². The lowest BCUT2D eigenvalue weighted by Gasteiger charge is -2.26. The Hall–Kier alpha value is -0.810. The van der Waals surface area contributed by atoms with Crippen molar-refractivity contribution in [1.82, 2.24) is 4.98 Å². The van der Waals surface area contributed by atoms with Gasteiger partial charge in [-0.15, -0.1) is 11.3 Å². The van der Waals surface area contributed by atoms with Gasteiger partial charge in [0, 0.05) is 31.6 Å². The maximum atomic E-state index is 5.34. The molecule has 0 unspecified atom stereocenters. The minimum absolute atomic E-state index is 0.818. The largest absolute Gasteiger partial charge is 0.378 e. The highest BCUT2D eigenvalue weighted by molar-refractivity contribution is 7.14. The Balaban J connectivity index is 2.05. The molecule has 0 atom stereocenters. The second-order valence-corrected chi connectivity index (χ2v) is 4.60. The molecule has 2 heterocycles. The fourth-order valence-corrected chi connectivity index (χ4v) is 2.80. The first-order valence-electron chi connectivity index (χ1n) is 5.88. The number of anilines is 2. The third-order valence-electron chi connectivity index (χ3n) is 2.85. The number of hydrogen-bond donors (Lipinski definition) is 0. The van der Waals surface area contributed by atoms with Gasteiger partial charge in [0.15, 0.2) is 5.13 Å². The average molecular weight is 241 g/mol. The van der Waals surface area contributed by atoms with E-state index in [9.17, 15) is 0 Å². The highest BCUT2D eigenvalue weighted by Crippen LogP contribution is 2.26. The standard InChI is InChI=1S/C11H19N3OS/c1-3-13(4-2)11-12-10(9-16-11)14-5-7-15-8-6-14/h9H,3-8H2,1-2H3. The van der Waals surface area contributed by atoms with Crippen LogP contribution < -0.4 is 9.80 Å². The third kappa shape index (κ3) is 2.47. The van der Waals surface area contributed by atoms with Crippen molar-refractivity contribution < 1.29 is 4.74 Å². The number of nitrogens with zero attached hydrogens (tertiary/aromatic N) is 3. The molecule has 1 aromatic rings. The molecule has 1 saturated heterocycles. The summed E-state index contributed by atoms with van der Waals surface area (Å²) < 4.78 is 5.34. The van der Waals surface area contributed by atoms with Crippen LogP contribution in [0.15, 0.2) is 5.38 Å². The van der Waals surface area contributed by atoms with Gasteiger partial charge in [0.05, 0.1) is 13.2 Å². The Morgan fingerprint density at radius 1 is 1.38 bits per heavy atom. The molecule has 4 nitrogen and oxygen atoms in total. The Morgan fingerprint density at radius 3 is 2.69 bits per heavy atom. The van der Waals surface area contributed by atoms with E-state index in [4.69, 9.17) is 9.72 Å². The van der Waals surface area contributed by atoms with Gasteiger partial charge in [-0.25, -0.2) is 4.98 Å². The van der Waals surface area contributed by atoms with Crippen molar-refractivity contribution in [3.63, 3.8) is 0 Å². The number of hydrogen-bond acceptors (Lipinski definition) is 5. The zero-order valence-electron chi connectivity index (χ0n) is 9.98. The van der Waals surface area contributed by atoms with Gasteiger partial charge in [-0.05, 0) is 13.8 Å². The fourth-order valence-electron chi connectivity index (χ4n) is 1.83. The molecule has 1 aliphatic rings. The Morgan fingerprint density at radius 2 is 2.06 bits per heavy atom. The van der Waals surface area contributed by atoms with Gasteiger partial charge in [0.1, 0.15) is 5.82 Å². The quantitative estimate of drug-likeness (QED) is 0.804. The molecule has 1 aliphatic heterocycles. The van der Waals surface area contributed by atoms with Gasteiger partial charge in [-0.2, -0.15) is 0 Å². The van der Waals surface area contributed by atoms with Crippen molar-refractivity contribution >= 4 is 22.3 Å². The van der Waals surface area contributed by atoms with Gasteiger partial charge >= 0.3 is 0 Å². The molecule has 5 heteroatoms. The molecule has 0 bridgehead atoms. The van der Waals surface area contributed by atoms with Crippen LogP contribution in [-0.4, -0.2) is 44.4 Å². The summed E-state index contributed by atoms with van der Waals surface area (Å²) in [5, 5.41) is 3.28. The van der Waals surface area contributed by atoms with Gasteiger partial charge in [-0.1, -0.05) is 0 Å². The van der Waals surface area contributed by atoms with Gasteiger partial charge in [-0.3, -0.25) is 0 Å². The van der Waals surface area contributed by atoms with Crippen molar-refractivity contribution in [3.8, 4) is 0 Å². The Kier molecular flexibility index (Phi) is 4.01. The Bertz CT molecular complexity index is 319. The van der Waals surface area contributed by atoms with Crippen molar-refractivity contribution in [1.29, 1.82) is 0 Å². The van der Waals surface area contributed by atoms with E-state index in [-0.39, 0.29) is 0 Å². The average Bonchev–Trinajstić information content (AvgIpc) is 2.81. The molecule has 2 rings (SSSR count). The molecule has 0 saturated carbocycles. The molecular formula is C11H19N3OS. The van der Waals surface area contributed by atoms with Crippen molar-refractivity contribution in [2.24, 2.45) is 0 Å². The molecule has 1 aromatic heterocycles. The van der Waals surface area contributed by atoms with E-state index in [1.165, 1.54) is 0 Å². The summed E-state index contributed by atoms with van der Waals surface area (Å²) in [6.07, 6.45) is 0. The predicted molar refractivity (Wildman–Crippen MR) is 68.7 cm³/mol. The molecule has 90 valence electrons. The molecule has 1 fully saturated rings. The molecule has 0 aliphatic carbocycles. The topological polar surface area (TPSA) is 28.6 Å². The minimum Gasteiger partial charge on any atom is -0.378 e. The molecule has 16 heavy (non-hydrogen) atoms. The fraction of sp³-hybridized carbons (Fsp3) is 0.727. The van der Waals surface area contributed by atoms with E-state index < -0.39 is 0 Å². The number of aromatic nitrogens is 1. The van der Waals surface area contributed by atoms with Crippen LogP contribution >= 0.6 is 11.3 Å². The first-order valence-corrected chi connectivity index (χ1v) is 6.76. The summed E-state index contributed by atoms with van der Waals surface area (Å²) in [6, 6.07) is 0. The molecule has 0 spiro atoms. The lowest BCUT2D eigenvalue weighted by Crippen LogP contribution is -2.36. The number of morpholine rings is 1. The van der Waals surface area contributed by atoms with Gasteiger partial charge in [0.25, 0.3) is 0 Å². The summed E-state index contributed by atoms with van der Waals surface area (Å²) >= 11 is 1.73. The molecule has 0 N–H and O–H groups in total. The van der Waals surface area contributed by atoms with Crippen LogP contribution in [0.5, 0.6) is 0 Å². The minimum atomic E-state index is 0.818. The van der Waals surface area contributed by atoms with E-state index in [1.54, 1.807) is 11.3 Å². The summed E-state index contributed by atoms with van der Waals surface area (Å²) in [5.74, 6) is 1.11. The maximum absolute atomic E-state index is 5.34. The first-order chi connectivity index (χ1) is 7.85. The van der Waals surface area contributed by atoms with Crippen LogP contribution in [0.25, 0.3) is 0 Å². The van der Waals surface area contributed by atoms with Crippen LogP contribution in [0, 0.1) is 0 Å². The second kappa shape index (κ2) is 5.50. The SMILES string of the molecule is CCN(CC)c1nc(N2CCOCC2)cs1. The maximum Gasteiger partial charge on any atom is 0.187 e. The van der Waals surface area contributed by atoms with E-state index in [2.05, 4.69) is 29.0 Å². The van der Waals surface area contributed by atoms with Gasteiger partial charge < -0.3 is 14.5 Å². The van der Waals surface area contributed by atoms with E-state index in [0.29, 0.717) is 0 Å². The van der Waals surface area contributed by atoms with Crippen molar-refractivity contribution in [3.05, 3.63) is 5.38 Å². The lowest BCUT2D eigenvalue weighted by atomic mass is 10.4. The van der Waals surface area contributed by atoms with Crippen LogP contribution in [-0.2, 0) is 4.74 Å². The summed E-state index contributed by atoms with van der Waals surface area (Å²) in [6.45, 7) is 9.93. The van der Waals surface area contributed by atoms with E-state index >= 15 is 0 Å². The van der Waals surface area contributed by atoms with Crippen LogP contribution in [0.4, 0.5) is 10.9 Å². The number of ether oxygens (including phenoxy) is 1. The zero-order valence-corrected chi connectivity index (χ0v) is 10.8. The second-order valence-electron chi connectivity index (χ2n) is 3.76. The first kappa shape index (κ1) is 11.7. The van der Waals surface area contributed by atoms with E-state index in [0.717, 1.165) is 50.3 Å². The number of rotatable bonds is 4. The molecule has 0 amide bonds.